The number of hydrogen-bond donors (Lipinski definition) is 1. The molecule has 1 saturated heterocycles. The van der Waals surface area contributed by atoms with Crippen molar-refractivity contribution in [2.75, 3.05) is 39.8 Å². The minimum absolute atomic E-state index is 0.0207. The predicted octanol–water partition coefficient (Wildman–Crippen LogP) is 4.43. The maximum absolute atomic E-state index is 13.4. The third kappa shape index (κ3) is 4.47. The molecule has 0 bridgehead atoms. The van der Waals surface area contributed by atoms with Crippen molar-refractivity contribution in [3.05, 3.63) is 65.4 Å². The Morgan fingerprint density at radius 2 is 1.87 bits per heavy atom. The molecule has 0 spiro atoms. The highest BCUT2D eigenvalue weighted by atomic mass is 16.5. The summed E-state index contributed by atoms with van der Waals surface area (Å²) in [6.07, 6.45) is 3.53. The standard InChI is InChI=1S/C26H33N3O2/c1-4-19-8-7-11-22-24(18-27-26(19)22)23(20-9-6-10-21(16-20)31-3)17-25(30)29-14-12-28(5-2)13-15-29/h6-11,16,18,23,27H,4-5,12-15,17H2,1-3H3/t23-/m0/s1. The summed E-state index contributed by atoms with van der Waals surface area (Å²) in [5, 5.41) is 1.20. The number of benzene rings is 2. The molecule has 4 rings (SSSR count). The molecule has 2 aromatic carbocycles. The number of fused-ring (bicyclic) bond motifs is 1. The van der Waals surface area contributed by atoms with Crippen molar-refractivity contribution in [2.45, 2.75) is 32.6 Å². The number of aromatic nitrogens is 1. The van der Waals surface area contributed by atoms with Gasteiger partial charge in [0.15, 0.2) is 0 Å². The van der Waals surface area contributed by atoms with Crippen LogP contribution >= 0.6 is 0 Å². The molecule has 0 radical (unpaired) electrons. The van der Waals surface area contributed by atoms with Crippen LogP contribution in [0.2, 0.25) is 0 Å². The Hall–Kier alpha value is -2.79. The lowest BCUT2D eigenvalue weighted by Gasteiger charge is -2.35. The van der Waals surface area contributed by atoms with Gasteiger partial charge >= 0.3 is 0 Å². The Bertz CT molecular complexity index is 1030. The minimum atomic E-state index is -0.0207. The number of aryl methyl sites for hydroxylation is 1. The average Bonchev–Trinajstić information content (AvgIpc) is 3.26. The van der Waals surface area contributed by atoms with E-state index in [1.807, 2.05) is 17.0 Å². The van der Waals surface area contributed by atoms with Crippen LogP contribution < -0.4 is 4.74 Å². The molecule has 1 aliphatic heterocycles. The molecule has 31 heavy (non-hydrogen) atoms. The third-order valence-electron chi connectivity index (χ3n) is 6.64. The van der Waals surface area contributed by atoms with Gasteiger partial charge in [0.25, 0.3) is 0 Å². The Balaban J connectivity index is 1.68. The van der Waals surface area contributed by atoms with E-state index in [4.69, 9.17) is 4.74 Å². The van der Waals surface area contributed by atoms with E-state index >= 15 is 0 Å². The van der Waals surface area contributed by atoms with E-state index in [1.165, 1.54) is 22.0 Å². The molecule has 1 amide bonds. The van der Waals surface area contributed by atoms with Crippen LogP contribution in [0.15, 0.2) is 48.7 Å². The Labute approximate surface area is 185 Å². The molecule has 0 unspecified atom stereocenters. The fraction of sp³-hybridized carbons (Fsp3) is 0.423. The first-order chi connectivity index (χ1) is 15.1. The topological polar surface area (TPSA) is 48.6 Å². The van der Waals surface area contributed by atoms with E-state index in [0.29, 0.717) is 6.42 Å². The van der Waals surface area contributed by atoms with Gasteiger partial charge in [-0.15, -0.1) is 0 Å². The van der Waals surface area contributed by atoms with Crippen molar-refractivity contribution in [1.82, 2.24) is 14.8 Å². The molecule has 1 fully saturated rings. The van der Waals surface area contributed by atoms with Gasteiger partial charge in [-0.3, -0.25) is 4.79 Å². The largest absolute Gasteiger partial charge is 0.497 e. The maximum Gasteiger partial charge on any atom is 0.223 e. The van der Waals surface area contributed by atoms with E-state index in [-0.39, 0.29) is 11.8 Å². The Kier molecular flexibility index (Phi) is 6.62. The molecule has 5 nitrogen and oxygen atoms in total. The summed E-state index contributed by atoms with van der Waals surface area (Å²) in [7, 11) is 1.69. The number of amides is 1. The third-order valence-corrected chi connectivity index (χ3v) is 6.64. The van der Waals surface area contributed by atoms with Crippen molar-refractivity contribution in [1.29, 1.82) is 0 Å². The number of carbonyl (C=O) groups is 1. The second-order valence-electron chi connectivity index (χ2n) is 8.29. The van der Waals surface area contributed by atoms with Gasteiger partial charge in [0.2, 0.25) is 5.91 Å². The SMILES string of the molecule is CCc1cccc2c([C@@H](CC(=O)N3CCN(CC)CC3)c3cccc(OC)c3)c[nH]c12. The smallest absolute Gasteiger partial charge is 0.223 e. The molecule has 1 atom stereocenters. The number of nitrogens with zero attached hydrogens (tertiary/aromatic N) is 2. The average molecular weight is 420 g/mol. The highest BCUT2D eigenvalue weighted by Crippen LogP contribution is 2.36. The van der Waals surface area contributed by atoms with Crippen LogP contribution in [0.4, 0.5) is 0 Å². The predicted molar refractivity (Wildman–Crippen MR) is 126 cm³/mol. The number of H-pyrrole nitrogens is 1. The van der Waals surface area contributed by atoms with Crippen molar-refractivity contribution in [3.63, 3.8) is 0 Å². The molecule has 0 saturated carbocycles. The van der Waals surface area contributed by atoms with Crippen LogP contribution in [0.3, 0.4) is 0 Å². The van der Waals surface area contributed by atoms with Crippen molar-refractivity contribution >= 4 is 16.8 Å². The van der Waals surface area contributed by atoms with Gasteiger partial charge in [0, 0.05) is 55.6 Å². The monoisotopic (exact) mass is 419 g/mol. The zero-order valence-corrected chi connectivity index (χ0v) is 18.9. The Morgan fingerprint density at radius 1 is 1.10 bits per heavy atom. The van der Waals surface area contributed by atoms with E-state index < -0.39 is 0 Å². The highest BCUT2D eigenvalue weighted by molar-refractivity contribution is 5.88. The zero-order valence-electron chi connectivity index (χ0n) is 18.9. The van der Waals surface area contributed by atoms with E-state index in [1.54, 1.807) is 7.11 Å². The first kappa shape index (κ1) is 21.4. The van der Waals surface area contributed by atoms with Crippen LogP contribution in [-0.2, 0) is 11.2 Å². The number of hydrogen-bond acceptors (Lipinski definition) is 3. The summed E-state index contributed by atoms with van der Waals surface area (Å²) in [4.78, 5) is 21.3. The number of ether oxygens (including phenoxy) is 1. The number of nitrogens with one attached hydrogen (secondary N) is 1. The van der Waals surface area contributed by atoms with Gasteiger partial charge in [-0.25, -0.2) is 0 Å². The normalized spacial score (nSPS) is 15.9. The molecule has 1 aliphatic rings. The number of para-hydroxylation sites is 1. The number of rotatable bonds is 7. The van der Waals surface area contributed by atoms with Gasteiger partial charge in [-0.05, 0) is 41.8 Å². The second kappa shape index (κ2) is 9.56. The van der Waals surface area contributed by atoms with Gasteiger partial charge in [0.1, 0.15) is 5.75 Å². The number of carbonyl (C=O) groups excluding carboxylic acids is 1. The van der Waals surface area contributed by atoms with Crippen LogP contribution in [0.5, 0.6) is 5.75 Å². The summed E-state index contributed by atoms with van der Waals surface area (Å²) >= 11 is 0. The summed E-state index contributed by atoms with van der Waals surface area (Å²) in [5.41, 5.74) is 4.77. The van der Waals surface area contributed by atoms with E-state index in [0.717, 1.165) is 50.5 Å². The first-order valence-electron chi connectivity index (χ1n) is 11.4. The summed E-state index contributed by atoms with van der Waals surface area (Å²) in [5.74, 6) is 1.03. The lowest BCUT2D eigenvalue weighted by atomic mass is 9.87. The summed E-state index contributed by atoms with van der Waals surface area (Å²) in [6, 6.07) is 14.6. The Morgan fingerprint density at radius 3 is 2.58 bits per heavy atom. The van der Waals surface area contributed by atoms with E-state index in [9.17, 15) is 4.79 Å². The lowest BCUT2D eigenvalue weighted by molar-refractivity contribution is -0.133. The minimum Gasteiger partial charge on any atom is -0.497 e. The van der Waals surface area contributed by atoms with Crippen LogP contribution in [0.25, 0.3) is 10.9 Å². The second-order valence-corrected chi connectivity index (χ2v) is 8.29. The number of likely N-dealkylation sites (N-methyl/N-ethyl adjacent to an activating group) is 1. The van der Waals surface area contributed by atoms with Crippen LogP contribution in [0, 0.1) is 0 Å². The van der Waals surface area contributed by atoms with Crippen molar-refractivity contribution < 1.29 is 9.53 Å². The van der Waals surface area contributed by atoms with Crippen molar-refractivity contribution in [3.8, 4) is 5.75 Å². The molecule has 1 aromatic heterocycles. The van der Waals surface area contributed by atoms with Gasteiger partial charge in [-0.2, -0.15) is 0 Å². The molecule has 2 heterocycles. The fourth-order valence-corrected chi connectivity index (χ4v) is 4.70. The van der Waals surface area contributed by atoms with Gasteiger partial charge in [-0.1, -0.05) is 44.2 Å². The fourth-order valence-electron chi connectivity index (χ4n) is 4.70. The molecular weight excluding hydrogens is 386 g/mol. The number of methoxy groups -OCH3 is 1. The molecular formula is C26H33N3O2. The molecule has 164 valence electrons. The number of piperazine rings is 1. The highest BCUT2D eigenvalue weighted by Gasteiger charge is 2.27. The van der Waals surface area contributed by atoms with Gasteiger partial charge in [0.05, 0.1) is 7.11 Å². The van der Waals surface area contributed by atoms with E-state index in [2.05, 4.69) is 60.3 Å². The van der Waals surface area contributed by atoms with Crippen molar-refractivity contribution in [2.24, 2.45) is 0 Å². The number of aromatic amines is 1. The molecule has 0 aliphatic carbocycles. The molecule has 1 N–H and O–H groups in total. The summed E-state index contributed by atoms with van der Waals surface area (Å²) in [6.45, 7) is 8.94. The van der Waals surface area contributed by atoms with Crippen LogP contribution in [0.1, 0.15) is 42.9 Å². The maximum atomic E-state index is 13.4. The van der Waals surface area contributed by atoms with Crippen LogP contribution in [-0.4, -0.2) is 60.5 Å². The first-order valence-corrected chi connectivity index (χ1v) is 11.4. The molecule has 5 heteroatoms. The summed E-state index contributed by atoms with van der Waals surface area (Å²) < 4.78 is 5.48. The zero-order chi connectivity index (χ0) is 21.8. The molecule has 3 aromatic rings. The quantitative estimate of drug-likeness (QED) is 0.617. The van der Waals surface area contributed by atoms with Gasteiger partial charge < -0.3 is 19.5 Å². The lowest BCUT2D eigenvalue weighted by Crippen LogP contribution is -2.48.